The van der Waals surface area contributed by atoms with Crippen LogP contribution in [0.2, 0.25) is 0 Å². The number of methoxy groups -OCH3 is 4. The number of aromatic nitrogens is 5. The highest BCUT2D eigenvalue weighted by Gasteiger charge is 2.24. The molecule has 6 aromatic rings. The predicted molar refractivity (Wildman–Crippen MR) is 197 cm³/mol. The molecule has 0 aliphatic rings. The molecule has 0 bridgehead atoms. The molecule has 3 aromatic heterocycles. The van der Waals surface area contributed by atoms with Gasteiger partial charge in [-0.05, 0) is 49.7 Å². The van der Waals surface area contributed by atoms with E-state index in [2.05, 4.69) is 25.4 Å². The quantitative estimate of drug-likeness (QED) is 0.132. The lowest BCUT2D eigenvalue weighted by molar-refractivity contribution is 0.0720. The average Bonchev–Trinajstić information content (AvgIpc) is 3.62. The van der Waals surface area contributed by atoms with Crippen molar-refractivity contribution in [3.63, 3.8) is 0 Å². The molecular formula is C39H39N7O7. The number of nitrogens with zero attached hydrogens (tertiary/aromatic N) is 6. The van der Waals surface area contributed by atoms with Crippen LogP contribution in [-0.2, 0) is 19.6 Å². The number of carbonyl (C=O) groups is 2. The fourth-order valence-corrected chi connectivity index (χ4v) is 5.77. The van der Waals surface area contributed by atoms with E-state index in [1.54, 1.807) is 74.5 Å². The third-order valence-electron chi connectivity index (χ3n) is 8.41. The number of aryl methyl sites for hydroxylation is 2. The topological polar surface area (TPSA) is 152 Å². The van der Waals surface area contributed by atoms with Crippen LogP contribution >= 0.6 is 0 Å². The lowest BCUT2D eigenvalue weighted by Crippen LogP contribution is -2.31. The molecule has 2 amide bonds. The molecule has 0 atom stereocenters. The molecule has 3 heterocycles. The van der Waals surface area contributed by atoms with Gasteiger partial charge in [0.1, 0.15) is 17.3 Å². The molecule has 53 heavy (non-hydrogen) atoms. The molecule has 272 valence electrons. The van der Waals surface area contributed by atoms with E-state index in [-0.39, 0.29) is 30.6 Å². The summed E-state index contributed by atoms with van der Waals surface area (Å²) in [6.45, 7) is 4.78. The molecule has 0 radical (unpaired) electrons. The van der Waals surface area contributed by atoms with Crippen LogP contribution in [0.4, 0.5) is 5.82 Å². The van der Waals surface area contributed by atoms with E-state index >= 15 is 0 Å². The van der Waals surface area contributed by atoms with Gasteiger partial charge in [0.15, 0.2) is 23.0 Å². The lowest BCUT2D eigenvalue weighted by Gasteiger charge is -2.25. The molecule has 0 spiro atoms. The van der Waals surface area contributed by atoms with Crippen LogP contribution in [-0.4, -0.2) is 69.9 Å². The molecule has 14 heteroatoms. The fourth-order valence-electron chi connectivity index (χ4n) is 5.77. The zero-order valence-corrected chi connectivity index (χ0v) is 30.2. The number of benzene rings is 3. The monoisotopic (exact) mass is 717 g/mol. The van der Waals surface area contributed by atoms with E-state index in [9.17, 15) is 9.59 Å². The van der Waals surface area contributed by atoms with Gasteiger partial charge in [-0.25, -0.2) is 15.0 Å². The molecule has 0 saturated carbocycles. The second-order valence-corrected chi connectivity index (χ2v) is 11.9. The highest BCUT2D eigenvalue weighted by Crippen LogP contribution is 2.35. The number of rotatable bonds is 14. The van der Waals surface area contributed by atoms with E-state index in [1.165, 1.54) is 12.4 Å². The van der Waals surface area contributed by atoms with E-state index in [1.807, 2.05) is 50.4 Å². The van der Waals surface area contributed by atoms with Gasteiger partial charge in [0.2, 0.25) is 5.88 Å². The Morgan fingerprint density at radius 3 is 2.00 bits per heavy atom. The van der Waals surface area contributed by atoms with Crippen molar-refractivity contribution < 1.29 is 33.3 Å². The number of pyridine rings is 1. The van der Waals surface area contributed by atoms with Gasteiger partial charge in [-0.1, -0.05) is 30.3 Å². The van der Waals surface area contributed by atoms with Gasteiger partial charge >= 0.3 is 0 Å². The van der Waals surface area contributed by atoms with Crippen molar-refractivity contribution in [1.82, 2.24) is 29.6 Å². The SMILES string of the molecule is CCn1cc2c(Oc3cnc(C(=O)N(Cc4cccc(OC)c4OC)Cc4cccc(OC)c4OC)cn3)cc(C(=O)Nc3ccc(C)cn3)cc2n1. The number of hydrogen-bond acceptors (Lipinski definition) is 11. The van der Waals surface area contributed by atoms with Crippen molar-refractivity contribution in [3.8, 4) is 34.6 Å². The summed E-state index contributed by atoms with van der Waals surface area (Å²) in [7, 11) is 6.21. The Hall–Kier alpha value is -6.70. The standard InChI is InChI=1S/C39H39N7O7/c1-7-46-23-28-29(44-46)16-27(38(47)43-34-15-14-24(2)18-41-34)17-33(28)53-35-20-40-30(19-42-35)39(48)45(21-25-10-8-12-31(49-3)36(25)51-5)22-26-11-9-13-32(50-4)37(26)52-6/h8-20,23H,7,21-22H2,1-6H3,(H,41,43,47). The first kappa shape index (κ1) is 36.1. The number of hydrogen-bond donors (Lipinski definition) is 1. The summed E-state index contributed by atoms with van der Waals surface area (Å²) in [5, 5.41) is 8.07. The van der Waals surface area contributed by atoms with Crippen LogP contribution in [0.25, 0.3) is 10.9 Å². The zero-order chi connectivity index (χ0) is 37.5. The summed E-state index contributed by atoms with van der Waals surface area (Å²) in [6.07, 6.45) is 6.22. The van der Waals surface area contributed by atoms with E-state index in [0.717, 1.165) is 5.56 Å². The maximum Gasteiger partial charge on any atom is 0.274 e. The Bertz CT molecular complexity index is 2180. The summed E-state index contributed by atoms with van der Waals surface area (Å²) in [6, 6.07) is 17.8. The van der Waals surface area contributed by atoms with Crippen molar-refractivity contribution in [2.75, 3.05) is 33.8 Å². The Kier molecular flexibility index (Phi) is 11.0. The van der Waals surface area contributed by atoms with E-state index in [0.29, 0.717) is 68.7 Å². The van der Waals surface area contributed by atoms with Crippen LogP contribution < -0.4 is 29.0 Å². The summed E-state index contributed by atoms with van der Waals surface area (Å²) in [4.78, 5) is 42.3. The smallest absolute Gasteiger partial charge is 0.274 e. The summed E-state index contributed by atoms with van der Waals surface area (Å²) in [5.41, 5.74) is 3.35. The van der Waals surface area contributed by atoms with Crippen LogP contribution in [0.15, 0.2) is 85.5 Å². The Balaban J connectivity index is 1.30. The molecular weight excluding hydrogens is 678 g/mol. The Labute approximate surface area is 306 Å². The van der Waals surface area contributed by atoms with Crippen molar-refractivity contribution in [1.29, 1.82) is 0 Å². The number of para-hydroxylation sites is 2. The van der Waals surface area contributed by atoms with Gasteiger partial charge < -0.3 is 33.9 Å². The molecule has 0 aliphatic carbocycles. The lowest BCUT2D eigenvalue weighted by atomic mass is 10.1. The third kappa shape index (κ3) is 7.96. The van der Waals surface area contributed by atoms with Gasteiger partial charge in [-0.2, -0.15) is 5.10 Å². The van der Waals surface area contributed by atoms with E-state index < -0.39 is 5.91 Å². The number of amides is 2. The summed E-state index contributed by atoms with van der Waals surface area (Å²) in [5.74, 6) is 2.15. The molecule has 1 N–H and O–H groups in total. The second kappa shape index (κ2) is 16.1. The van der Waals surface area contributed by atoms with Crippen molar-refractivity contribution in [2.24, 2.45) is 0 Å². The van der Waals surface area contributed by atoms with Gasteiger partial charge in [-0.15, -0.1) is 0 Å². The molecule has 0 saturated heterocycles. The third-order valence-corrected chi connectivity index (χ3v) is 8.41. The fraction of sp³-hybridized carbons (Fsp3) is 0.231. The minimum absolute atomic E-state index is 0.0729. The zero-order valence-electron chi connectivity index (χ0n) is 30.2. The average molecular weight is 718 g/mol. The first-order valence-corrected chi connectivity index (χ1v) is 16.7. The van der Waals surface area contributed by atoms with Gasteiger partial charge in [0, 0.05) is 35.6 Å². The normalized spacial score (nSPS) is 10.8. The largest absolute Gasteiger partial charge is 0.493 e. The van der Waals surface area contributed by atoms with Gasteiger partial charge in [-0.3, -0.25) is 14.3 Å². The molecule has 0 fully saturated rings. The van der Waals surface area contributed by atoms with Crippen LogP contribution in [0, 0.1) is 6.92 Å². The minimum atomic E-state index is -0.409. The summed E-state index contributed by atoms with van der Waals surface area (Å²) < 4.78 is 30.3. The van der Waals surface area contributed by atoms with Crippen molar-refractivity contribution in [2.45, 2.75) is 33.5 Å². The van der Waals surface area contributed by atoms with Gasteiger partial charge in [0.05, 0.1) is 64.8 Å². The molecule has 0 aliphatic heterocycles. The van der Waals surface area contributed by atoms with E-state index in [4.69, 9.17) is 23.7 Å². The highest BCUT2D eigenvalue weighted by molar-refractivity contribution is 6.06. The maximum atomic E-state index is 14.2. The summed E-state index contributed by atoms with van der Waals surface area (Å²) >= 11 is 0. The maximum absolute atomic E-state index is 14.2. The molecule has 0 unspecified atom stereocenters. The molecule has 3 aromatic carbocycles. The number of anilines is 1. The minimum Gasteiger partial charge on any atom is -0.493 e. The second-order valence-electron chi connectivity index (χ2n) is 11.9. The van der Waals surface area contributed by atoms with Crippen molar-refractivity contribution >= 4 is 28.5 Å². The predicted octanol–water partition coefficient (Wildman–Crippen LogP) is 6.47. The Morgan fingerprint density at radius 2 is 1.45 bits per heavy atom. The number of fused-ring (bicyclic) bond motifs is 1. The Morgan fingerprint density at radius 1 is 0.774 bits per heavy atom. The van der Waals surface area contributed by atoms with Crippen LogP contribution in [0.5, 0.6) is 34.6 Å². The highest BCUT2D eigenvalue weighted by atomic mass is 16.5. The first-order valence-electron chi connectivity index (χ1n) is 16.7. The number of nitrogens with one attached hydrogen (secondary N) is 1. The van der Waals surface area contributed by atoms with Crippen LogP contribution in [0.3, 0.4) is 0 Å². The van der Waals surface area contributed by atoms with Gasteiger partial charge in [0.25, 0.3) is 11.8 Å². The van der Waals surface area contributed by atoms with Crippen molar-refractivity contribution in [3.05, 3.63) is 113 Å². The number of carbonyl (C=O) groups excluding carboxylic acids is 2. The molecule has 6 rings (SSSR count). The first-order chi connectivity index (χ1) is 25.7. The van der Waals surface area contributed by atoms with Crippen LogP contribution in [0.1, 0.15) is 44.5 Å². The molecule has 14 nitrogen and oxygen atoms in total. The number of ether oxygens (including phenoxy) is 5.